The molecule has 0 saturated heterocycles. The second-order valence-corrected chi connectivity index (χ2v) is 9.02. The Labute approximate surface area is 158 Å². The Balaban J connectivity index is 1.99. The number of hydrogen-bond donors (Lipinski definition) is 4. The lowest BCUT2D eigenvalue weighted by Crippen LogP contribution is -2.35. The maximum absolute atomic E-state index is 11.4. The normalized spacial score (nSPS) is 14.1. The van der Waals surface area contributed by atoms with Crippen molar-refractivity contribution in [1.29, 1.82) is 0 Å². The molecular weight excluding hydrogens is 422 g/mol. The van der Waals surface area contributed by atoms with Gasteiger partial charge in [0.2, 0.25) is 5.51 Å². The Kier molecular flexibility index (Phi) is 7.06. The Morgan fingerprint density at radius 2 is 2.04 bits per heavy atom. The molecule has 2 aromatic rings. The molecule has 5 N–H and O–H groups in total. The molecule has 15 heteroatoms. The van der Waals surface area contributed by atoms with Crippen LogP contribution in [-0.4, -0.2) is 38.4 Å². The van der Waals surface area contributed by atoms with Crippen LogP contribution >= 0.6 is 27.0 Å². The zero-order valence-electron chi connectivity index (χ0n) is 14.4. The van der Waals surface area contributed by atoms with Crippen molar-refractivity contribution in [2.75, 3.05) is 19.5 Å². The first-order chi connectivity index (χ1) is 12.5. The van der Waals surface area contributed by atoms with Gasteiger partial charge in [0.05, 0.1) is 24.2 Å². The van der Waals surface area contributed by atoms with Gasteiger partial charge in [0.1, 0.15) is 5.82 Å². The molecule has 27 heavy (non-hydrogen) atoms. The van der Waals surface area contributed by atoms with Gasteiger partial charge in [-0.3, -0.25) is 4.52 Å². The summed E-state index contributed by atoms with van der Waals surface area (Å²) in [4.78, 5) is 35.2. The number of nitrogens with zero attached hydrogens (tertiary/aromatic N) is 3. The van der Waals surface area contributed by atoms with Crippen LogP contribution in [0, 0.1) is 6.92 Å². The molecule has 0 radical (unpaired) electrons. The summed E-state index contributed by atoms with van der Waals surface area (Å²) < 4.78 is 37.1. The molecule has 0 aliphatic heterocycles. The summed E-state index contributed by atoms with van der Waals surface area (Å²) in [6.07, 6.45) is 1.81. The van der Waals surface area contributed by atoms with Crippen LogP contribution in [-0.2, 0) is 30.9 Å². The van der Waals surface area contributed by atoms with Crippen molar-refractivity contribution >= 4 is 32.8 Å². The summed E-state index contributed by atoms with van der Waals surface area (Å²) in [6, 6.07) is 0.173. The molecule has 12 nitrogen and oxygen atoms in total. The van der Waals surface area contributed by atoms with Gasteiger partial charge < -0.3 is 25.2 Å². The first-order valence-corrected chi connectivity index (χ1v) is 11.3. The van der Waals surface area contributed by atoms with E-state index >= 15 is 0 Å². The Hall–Kier alpha value is -1.43. The average molecular weight is 441 g/mol. The number of methoxy groups -OCH3 is 1. The van der Waals surface area contributed by atoms with E-state index < -0.39 is 15.6 Å². The summed E-state index contributed by atoms with van der Waals surface area (Å²) in [5.41, 5.74) is 9.27. The number of nitrogens with two attached hydrogens (primary N) is 1. The van der Waals surface area contributed by atoms with E-state index in [1.165, 1.54) is 18.4 Å². The molecule has 0 saturated carbocycles. The van der Waals surface area contributed by atoms with Crippen molar-refractivity contribution < 1.29 is 41.9 Å². The molecule has 150 valence electrons. The van der Waals surface area contributed by atoms with Gasteiger partial charge in [-0.15, -0.1) is 0 Å². The molecule has 1 atom stereocenters. The second-order valence-electron chi connectivity index (χ2n) is 5.25. The number of nitrogen functional groups attached to an aromatic ring is 1. The molecule has 0 aliphatic carbocycles. The van der Waals surface area contributed by atoms with Crippen molar-refractivity contribution in [3.8, 4) is 6.01 Å². The summed E-state index contributed by atoms with van der Waals surface area (Å²) in [7, 11) is -8.52. The van der Waals surface area contributed by atoms with E-state index in [4.69, 9.17) is 20.3 Å². The van der Waals surface area contributed by atoms with Crippen molar-refractivity contribution in [3.05, 3.63) is 27.8 Å². The fourth-order valence-corrected chi connectivity index (χ4v) is 4.63. The van der Waals surface area contributed by atoms with Crippen LogP contribution < -0.4 is 15.0 Å². The van der Waals surface area contributed by atoms with Crippen LogP contribution in [0.1, 0.15) is 16.1 Å². The fourth-order valence-electron chi connectivity index (χ4n) is 2.07. The van der Waals surface area contributed by atoms with Crippen molar-refractivity contribution in [2.45, 2.75) is 19.9 Å². The second kappa shape index (κ2) is 8.72. The number of rotatable bonds is 9. The first-order valence-electron chi connectivity index (χ1n) is 7.37. The molecular formula is C12H19N4O8P2S+. The van der Waals surface area contributed by atoms with Gasteiger partial charge in [-0.1, -0.05) is 11.3 Å². The van der Waals surface area contributed by atoms with Gasteiger partial charge in [-0.2, -0.15) is 13.9 Å². The maximum Gasteiger partial charge on any atom is 0.481 e. The SMILES string of the molecule is COc1ncc(C[n+]2csc(CCOP(=O)(O)OP(=O)(O)O)c2C)c(N)n1. The van der Waals surface area contributed by atoms with Crippen LogP contribution in [0.3, 0.4) is 0 Å². The number of thiazole rings is 1. The van der Waals surface area contributed by atoms with Crippen LogP contribution in [0.25, 0.3) is 0 Å². The van der Waals surface area contributed by atoms with Crippen molar-refractivity contribution in [3.63, 3.8) is 0 Å². The van der Waals surface area contributed by atoms with E-state index in [-0.39, 0.29) is 19.0 Å². The molecule has 0 bridgehead atoms. The van der Waals surface area contributed by atoms with E-state index in [2.05, 4.69) is 18.8 Å². The maximum atomic E-state index is 11.4. The van der Waals surface area contributed by atoms with E-state index in [1.807, 2.05) is 17.0 Å². The number of anilines is 1. The summed E-state index contributed by atoms with van der Waals surface area (Å²) >= 11 is 1.38. The van der Waals surface area contributed by atoms with Crippen LogP contribution in [0.2, 0.25) is 0 Å². The van der Waals surface area contributed by atoms with Crippen LogP contribution in [0.5, 0.6) is 6.01 Å². The standard InChI is InChI=1S/C12H18N4O8P2S/c1-8-10(3-4-23-26(20,21)24-25(17,18)19)27-7-16(8)6-9-5-14-12(22-2)15-11(9)13/h5,7H,3-4,6H2,1-2H3,(H4-,13,14,15,17,18,19,20,21)/p+1. The number of ether oxygens (including phenoxy) is 1. The third kappa shape index (κ3) is 6.59. The Bertz CT molecular complexity index is 902. The van der Waals surface area contributed by atoms with E-state index in [0.717, 1.165) is 10.6 Å². The van der Waals surface area contributed by atoms with E-state index in [9.17, 15) is 14.0 Å². The van der Waals surface area contributed by atoms with E-state index in [1.54, 1.807) is 6.20 Å². The largest absolute Gasteiger partial charge is 0.481 e. The number of aromatic nitrogens is 3. The Morgan fingerprint density at radius 1 is 1.33 bits per heavy atom. The third-order valence-electron chi connectivity index (χ3n) is 3.35. The third-order valence-corrected chi connectivity index (χ3v) is 6.68. The van der Waals surface area contributed by atoms with Crippen molar-refractivity contribution in [1.82, 2.24) is 9.97 Å². The molecule has 0 amide bonds. The molecule has 0 fully saturated rings. The van der Waals surface area contributed by atoms with Crippen LogP contribution in [0.4, 0.5) is 5.82 Å². The molecule has 1 unspecified atom stereocenters. The molecule has 2 rings (SSSR count). The van der Waals surface area contributed by atoms with Crippen molar-refractivity contribution in [2.24, 2.45) is 0 Å². The zero-order chi connectivity index (χ0) is 20.2. The Morgan fingerprint density at radius 3 is 2.63 bits per heavy atom. The lowest BCUT2D eigenvalue weighted by atomic mass is 10.2. The minimum Gasteiger partial charge on any atom is -0.467 e. The topological polar surface area (TPSA) is 178 Å². The minimum absolute atomic E-state index is 0.173. The number of phosphoric ester groups is 1. The highest BCUT2D eigenvalue weighted by atomic mass is 32.1. The quantitative estimate of drug-likeness (QED) is 0.315. The van der Waals surface area contributed by atoms with Gasteiger partial charge in [0.25, 0.3) is 0 Å². The summed E-state index contributed by atoms with van der Waals surface area (Å²) in [5.74, 6) is 0.292. The highest BCUT2D eigenvalue weighted by Crippen LogP contribution is 2.57. The summed E-state index contributed by atoms with van der Waals surface area (Å²) in [5, 5.41) is 0. The smallest absolute Gasteiger partial charge is 0.467 e. The minimum atomic E-state index is -5.13. The number of hydrogen-bond acceptors (Lipinski definition) is 9. The first kappa shape index (κ1) is 21.9. The monoisotopic (exact) mass is 441 g/mol. The van der Waals surface area contributed by atoms with Gasteiger partial charge >= 0.3 is 21.7 Å². The lowest BCUT2D eigenvalue weighted by molar-refractivity contribution is -0.689. The molecule has 0 aliphatic rings. The molecule has 2 aromatic heterocycles. The highest BCUT2D eigenvalue weighted by molar-refractivity contribution is 7.60. The van der Waals surface area contributed by atoms with Gasteiger partial charge in [-0.05, 0) is 0 Å². The molecule has 0 aromatic carbocycles. The van der Waals surface area contributed by atoms with Gasteiger partial charge in [0.15, 0.2) is 12.2 Å². The summed E-state index contributed by atoms with van der Waals surface area (Å²) in [6.45, 7) is 2.00. The van der Waals surface area contributed by atoms with E-state index in [0.29, 0.717) is 17.9 Å². The highest BCUT2D eigenvalue weighted by Gasteiger charge is 2.32. The average Bonchev–Trinajstić information content (AvgIpc) is 2.87. The number of phosphoric acid groups is 2. The zero-order valence-corrected chi connectivity index (χ0v) is 17.0. The molecule has 0 spiro atoms. The predicted octanol–water partition coefficient (Wildman–Crippen LogP) is 0.542. The van der Waals surface area contributed by atoms with Gasteiger partial charge in [-0.25, -0.2) is 14.1 Å². The fraction of sp³-hybridized carbons (Fsp3) is 0.417. The molecule has 2 heterocycles. The van der Waals surface area contributed by atoms with Crippen LogP contribution in [0.15, 0.2) is 11.7 Å². The van der Waals surface area contributed by atoms with Gasteiger partial charge in [0, 0.05) is 19.5 Å². The predicted molar refractivity (Wildman–Crippen MR) is 94.0 cm³/mol. The lowest BCUT2D eigenvalue weighted by Gasteiger charge is -2.11.